The van der Waals surface area contributed by atoms with E-state index >= 15 is 0 Å². The molecule has 0 aliphatic carbocycles. The van der Waals surface area contributed by atoms with E-state index in [-0.39, 0.29) is 28.9 Å². The molecule has 21 heavy (non-hydrogen) atoms. The average Bonchev–Trinajstić information content (AvgIpc) is 2.68. The van der Waals surface area contributed by atoms with Crippen molar-refractivity contribution >= 4 is 11.6 Å². The number of carbonyl (C=O) groups excluding carboxylic acids is 2. The van der Waals surface area contributed by atoms with E-state index in [0.29, 0.717) is 13.1 Å². The van der Waals surface area contributed by atoms with Gasteiger partial charge in [0, 0.05) is 41.3 Å². The number of hydrogen-bond donors (Lipinski definition) is 0. The Labute approximate surface area is 130 Å². The summed E-state index contributed by atoms with van der Waals surface area (Å²) >= 11 is 0. The van der Waals surface area contributed by atoms with Gasteiger partial charge in [0.15, 0.2) is 0 Å². The molecule has 1 fully saturated rings. The lowest BCUT2D eigenvalue weighted by Gasteiger charge is -2.32. The zero-order valence-electron chi connectivity index (χ0n) is 15.3. The van der Waals surface area contributed by atoms with Crippen LogP contribution in [0.5, 0.6) is 0 Å². The molecule has 1 rings (SSSR count). The maximum atomic E-state index is 12.8. The monoisotopic (exact) mass is 295 g/mol. The number of Topliss-reactive ketones (excluding diaryl/α,β-unsaturated/α-hetero) is 2. The van der Waals surface area contributed by atoms with Crippen LogP contribution in [-0.4, -0.2) is 35.1 Å². The first-order valence-corrected chi connectivity index (χ1v) is 7.99. The standard InChI is InChI=1S/C18H33NO2/c1-16(2,3)14(20)12-10-19(18(7,8)9)11-13(12)15(21)17(4,5)6/h12-13H,10-11H2,1-9H3/t12-,13-/m1/s1. The van der Waals surface area contributed by atoms with E-state index < -0.39 is 10.8 Å². The highest BCUT2D eigenvalue weighted by Crippen LogP contribution is 2.38. The minimum atomic E-state index is -0.394. The predicted octanol–water partition coefficient (Wildman–Crippen LogP) is 3.56. The zero-order valence-corrected chi connectivity index (χ0v) is 15.3. The number of hydrogen-bond acceptors (Lipinski definition) is 3. The summed E-state index contributed by atoms with van der Waals surface area (Å²) in [7, 11) is 0. The highest BCUT2D eigenvalue weighted by molar-refractivity contribution is 5.95. The van der Waals surface area contributed by atoms with Crippen molar-refractivity contribution in [2.45, 2.75) is 67.9 Å². The lowest BCUT2D eigenvalue weighted by atomic mass is 9.73. The molecule has 0 aromatic heterocycles. The Morgan fingerprint density at radius 1 is 0.714 bits per heavy atom. The molecule has 0 radical (unpaired) electrons. The molecule has 0 spiro atoms. The predicted molar refractivity (Wildman–Crippen MR) is 87.2 cm³/mol. The molecule has 0 saturated carbocycles. The quantitative estimate of drug-likeness (QED) is 0.781. The molecule has 0 amide bonds. The van der Waals surface area contributed by atoms with E-state index in [9.17, 15) is 9.59 Å². The van der Waals surface area contributed by atoms with Gasteiger partial charge in [-0.2, -0.15) is 0 Å². The Balaban J connectivity index is 3.12. The molecule has 1 heterocycles. The third-order valence-electron chi connectivity index (χ3n) is 4.42. The fourth-order valence-electron chi connectivity index (χ4n) is 3.00. The molecular formula is C18H33NO2. The van der Waals surface area contributed by atoms with Gasteiger partial charge in [0.2, 0.25) is 0 Å². The van der Waals surface area contributed by atoms with E-state index in [2.05, 4.69) is 25.7 Å². The summed E-state index contributed by atoms with van der Waals surface area (Å²) in [5.74, 6) is 0.0978. The number of carbonyl (C=O) groups is 2. The summed E-state index contributed by atoms with van der Waals surface area (Å²) in [6.07, 6.45) is 0. The second kappa shape index (κ2) is 5.49. The molecule has 1 saturated heterocycles. The number of rotatable bonds is 2. The largest absolute Gasteiger partial charge is 0.299 e. The minimum absolute atomic E-state index is 0.0106. The van der Waals surface area contributed by atoms with Crippen molar-refractivity contribution in [2.24, 2.45) is 22.7 Å². The lowest BCUT2D eigenvalue weighted by Crippen LogP contribution is -2.40. The first kappa shape index (κ1) is 18.3. The summed E-state index contributed by atoms with van der Waals surface area (Å²) in [6.45, 7) is 19.6. The van der Waals surface area contributed by atoms with E-state index in [4.69, 9.17) is 0 Å². The van der Waals surface area contributed by atoms with Crippen LogP contribution in [0.4, 0.5) is 0 Å². The maximum absolute atomic E-state index is 12.8. The van der Waals surface area contributed by atoms with E-state index in [1.54, 1.807) is 0 Å². The molecule has 0 unspecified atom stereocenters. The zero-order chi connectivity index (χ0) is 16.8. The fourth-order valence-corrected chi connectivity index (χ4v) is 3.00. The molecule has 0 N–H and O–H groups in total. The van der Waals surface area contributed by atoms with Crippen LogP contribution in [0.3, 0.4) is 0 Å². The first-order chi connectivity index (χ1) is 9.15. The van der Waals surface area contributed by atoms with Gasteiger partial charge >= 0.3 is 0 Å². The first-order valence-electron chi connectivity index (χ1n) is 7.99. The smallest absolute Gasteiger partial charge is 0.143 e. The fraction of sp³-hybridized carbons (Fsp3) is 0.889. The van der Waals surface area contributed by atoms with Gasteiger partial charge in [0.05, 0.1) is 0 Å². The van der Waals surface area contributed by atoms with Gasteiger partial charge in [0.1, 0.15) is 11.6 Å². The van der Waals surface area contributed by atoms with Crippen molar-refractivity contribution in [2.75, 3.05) is 13.1 Å². The van der Waals surface area contributed by atoms with Gasteiger partial charge in [-0.1, -0.05) is 41.5 Å². The second-order valence-corrected chi connectivity index (χ2v) is 9.52. The second-order valence-electron chi connectivity index (χ2n) is 9.52. The summed E-state index contributed by atoms with van der Waals surface area (Å²) in [5.41, 5.74) is -0.798. The van der Waals surface area contributed by atoms with Crippen LogP contribution in [0.2, 0.25) is 0 Å². The van der Waals surface area contributed by atoms with Crippen molar-refractivity contribution in [1.82, 2.24) is 4.90 Å². The van der Waals surface area contributed by atoms with Crippen LogP contribution in [0.15, 0.2) is 0 Å². The molecule has 2 atom stereocenters. The van der Waals surface area contributed by atoms with Crippen molar-refractivity contribution in [3.8, 4) is 0 Å². The van der Waals surface area contributed by atoms with Crippen LogP contribution in [0, 0.1) is 22.7 Å². The Morgan fingerprint density at radius 3 is 1.19 bits per heavy atom. The normalized spacial score (nSPS) is 25.2. The Kier molecular flexibility index (Phi) is 4.80. The average molecular weight is 295 g/mol. The Morgan fingerprint density at radius 2 is 1.00 bits per heavy atom. The lowest BCUT2D eigenvalue weighted by molar-refractivity contribution is -0.138. The summed E-state index contributed by atoms with van der Waals surface area (Å²) < 4.78 is 0. The molecular weight excluding hydrogens is 262 g/mol. The van der Waals surface area contributed by atoms with Crippen molar-refractivity contribution < 1.29 is 9.59 Å². The van der Waals surface area contributed by atoms with E-state index in [1.807, 2.05) is 41.5 Å². The molecule has 1 aliphatic rings. The molecule has 1 aliphatic heterocycles. The van der Waals surface area contributed by atoms with Gasteiger partial charge in [0.25, 0.3) is 0 Å². The molecule has 122 valence electrons. The topological polar surface area (TPSA) is 37.4 Å². The number of likely N-dealkylation sites (tertiary alicyclic amines) is 1. The minimum Gasteiger partial charge on any atom is -0.299 e. The van der Waals surface area contributed by atoms with Crippen LogP contribution in [-0.2, 0) is 9.59 Å². The summed E-state index contributed by atoms with van der Waals surface area (Å²) in [6, 6.07) is 0. The highest BCUT2D eigenvalue weighted by Gasteiger charge is 2.48. The molecule has 0 aromatic carbocycles. The molecule has 3 nitrogen and oxygen atoms in total. The number of nitrogens with zero attached hydrogens (tertiary/aromatic N) is 1. The molecule has 3 heteroatoms. The number of ketones is 2. The molecule has 0 bridgehead atoms. The third kappa shape index (κ3) is 4.15. The molecule has 0 aromatic rings. The van der Waals surface area contributed by atoms with Gasteiger partial charge in [-0.3, -0.25) is 14.5 Å². The van der Waals surface area contributed by atoms with E-state index in [0.717, 1.165) is 0 Å². The summed E-state index contributed by atoms with van der Waals surface area (Å²) in [5, 5.41) is 0. The van der Waals surface area contributed by atoms with Gasteiger partial charge in [-0.15, -0.1) is 0 Å². The van der Waals surface area contributed by atoms with Gasteiger partial charge in [-0.05, 0) is 20.8 Å². The van der Waals surface area contributed by atoms with Crippen molar-refractivity contribution in [3.05, 3.63) is 0 Å². The van der Waals surface area contributed by atoms with Crippen molar-refractivity contribution in [3.63, 3.8) is 0 Å². The van der Waals surface area contributed by atoms with Crippen LogP contribution < -0.4 is 0 Å². The Bertz CT molecular complexity index is 384. The van der Waals surface area contributed by atoms with E-state index in [1.165, 1.54) is 0 Å². The Hall–Kier alpha value is -0.700. The third-order valence-corrected chi connectivity index (χ3v) is 4.42. The summed E-state index contributed by atoms with van der Waals surface area (Å²) in [4.78, 5) is 27.9. The van der Waals surface area contributed by atoms with Gasteiger partial charge in [-0.25, -0.2) is 0 Å². The van der Waals surface area contributed by atoms with Crippen LogP contribution in [0.1, 0.15) is 62.3 Å². The van der Waals surface area contributed by atoms with Crippen LogP contribution >= 0.6 is 0 Å². The SMILES string of the molecule is CC(C)(C)C(=O)[C@@H]1CN(C(C)(C)C)C[C@H]1C(=O)C(C)(C)C. The maximum Gasteiger partial charge on any atom is 0.143 e. The van der Waals surface area contributed by atoms with Gasteiger partial charge < -0.3 is 0 Å². The van der Waals surface area contributed by atoms with Crippen molar-refractivity contribution in [1.29, 1.82) is 0 Å². The van der Waals surface area contributed by atoms with Crippen LogP contribution in [0.25, 0.3) is 0 Å². The highest BCUT2D eigenvalue weighted by atomic mass is 16.1.